The molecule has 0 bridgehead atoms. The Morgan fingerprint density at radius 2 is 1.77 bits per heavy atom. The first-order valence-electron chi connectivity index (χ1n) is 7.49. The summed E-state index contributed by atoms with van der Waals surface area (Å²) in [5.74, 6) is 0.753. The molecule has 1 amide bonds. The number of non-ortho nitro benzene ring substituents is 1. The van der Waals surface area contributed by atoms with Gasteiger partial charge in [-0.25, -0.2) is 0 Å². The number of nitrogens with one attached hydrogen (secondary N) is 1. The standard InChI is InChI=1S/C17H17ClN2O6/c1-10(26-14-7-5-12(20(22)23)9-13(14)18)17(21)19-11-4-6-15(24-2)16(8-11)25-3/h4-10H,1-3H3,(H,19,21)/t10-/m1/s1. The lowest BCUT2D eigenvalue weighted by Crippen LogP contribution is -2.30. The lowest BCUT2D eigenvalue weighted by atomic mass is 10.2. The lowest BCUT2D eigenvalue weighted by Gasteiger charge is -2.16. The van der Waals surface area contributed by atoms with Crippen LogP contribution >= 0.6 is 11.6 Å². The maximum atomic E-state index is 12.3. The maximum Gasteiger partial charge on any atom is 0.271 e. The molecule has 0 fully saturated rings. The largest absolute Gasteiger partial charge is 0.493 e. The van der Waals surface area contributed by atoms with E-state index in [-0.39, 0.29) is 16.5 Å². The number of rotatable bonds is 7. The molecule has 26 heavy (non-hydrogen) atoms. The minimum absolute atomic E-state index is 0.0463. The van der Waals surface area contributed by atoms with Crippen LogP contribution in [0.3, 0.4) is 0 Å². The molecule has 0 heterocycles. The van der Waals surface area contributed by atoms with Crippen molar-refractivity contribution in [1.82, 2.24) is 0 Å². The van der Waals surface area contributed by atoms with Crippen molar-refractivity contribution >= 4 is 28.9 Å². The third-order valence-electron chi connectivity index (χ3n) is 3.45. The normalized spacial score (nSPS) is 11.4. The van der Waals surface area contributed by atoms with Crippen molar-refractivity contribution in [2.75, 3.05) is 19.5 Å². The van der Waals surface area contributed by atoms with E-state index in [1.807, 2.05) is 0 Å². The second kappa shape index (κ2) is 8.39. The molecular formula is C17H17ClN2O6. The second-order valence-electron chi connectivity index (χ2n) is 5.19. The number of nitrogens with zero attached hydrogens (tertiary/aromatic N) is 1. The van der Waals surface area contributed by atoms with Gasteiger partial charge in [0.2, 0.25) is 0 Å². The zero-order chi connectivity index (χ0) is 19.3. The Bertz CT molecular complexity index is 827. The molecule has 0 radical (unpaired) electrons. The van der Waals surface area contributed by atoms with Crippen molar-refractivity contribution in [2.24, 2.45) is 0 Å². The predicted octanol–water partition coefficient (Wildman–Crippen LogP) is 3.67. The van der Waals surface area contributed by atoms with E-state index in [0.29, 0.717) is 17.2 Å². The van der Waals surface area contributed by atoms with Gasteiger partial charge in [0.15, 0.2) is 17.6 Å². The third kappa shape index (κ3) is 4.54. The number of carbonyl (C=O) groups excluding carboxylic acids is 1. The fraction of sp³-hybridized carbons (Fsp3) is 0.235. The molecule has 0 spiro atoms. The number of benzene rings is 2. The number of halogens is 1. The molecule has 1 atom stereocenters. The van der Waals surface area contributed by atoms with Gasteiger partial charge < -0.3 is 19.5 Å². The summed E-state index contributed by atoms with van der Waals surface area (Å²) >= 11 is 5.96. The van der Waals surface area contributed by atoms with Crippen LogP contribution in [0.1, 0.15) is 6.92 Å². The number of ether oxygens (including phenoxy) is 3. The molecule has 1 N–H and O–H groups in total. The van der Waals surface area contributed by atoms with Crippen LogP contribution in [0.2, 0.25) is 5.02 Å². The van der Waals surface area contributed by atoms with Crippen LogP contribution in [0.5, 0.6) is 17.2 Å². The summed E-state index contributed by atoms with van der Waals surface area (Å²) in [6, 6.07) is 8.69. The van der Waals surface area contributed by atoms with Crippen molar-refractivity contribution in [3.63, 3.8) is 0 Å². The Kier molecular flexibility index (Phi) is 6.24. The van der Waals surface area contributed by atoms with Gasteiger partial charge in [-0.2, -0.15) is 0 Å². The topological polar surface area (TPSA) is 99.9 Å². The molecular weight excluding hydrogens is 364 g/mol. The van der Waals surface area contributed by atoms with Crippen LogP contribution in [-0.4, -0.2) is 31.2 Å². The van der Waals surface area contributed by atoms with E-state index in [1.54, 1.807) is 18.2 Å². The zero-order valence-electron chi connectivity index (χ0n) is 14.3. The Morgan fingerprint density at radius 1 is 1.12 bits per heavy atom. The van der Waals surface area contributed by atoms with Crippen molar-refractivity contribution in [3.8, 4) is 17.2 Å². The van der Waals surface area contributed by atoms with Crippen molar-refractivity contribution in [3.05, 3.63) is 51.5 Å². The van der Waals surface area contributed by atoms with Crippen LogP contribution in [0.4, 0.5) is 11.4 Å². The van der Waals surface area contributed by atoms with E-state index in [2.05, 4.69) is 5.32 Å². The first-order valence-corrected chi connectivity index (χ1v) is 7.87. The number of hydrogen-bond donors (Lipinski definition) is 1. The van der Waals surface area contributed by atoms with Crippen LogP contribution in [-0.2, 0) is 4.79 Å². The van der Waals surface area contributed by atoms with E-state index >= 15 is 0 Å². The lowest BCUT2D eigenvalue weighted by molar-refractivity contribution is -0.384. The quantitative estimate of drug-likeness (QED) is 0.581. The first kappa shape index (κ1) is 19.3. The van der Waals surface area contributed by atoms with Crippen LogP contribution < -0.4 is 19.5 Å². The zero-order valence-corrected chi connectivity index (χ0v) is 15.1. The first-order chi connectivity index (χ1) is 12.3. The molecule has 2 aromatic rings. The molecule has 0 saturated heterocycles. The molecule has 8 nitrogen and oxygen atoms in total. The Balaban J connectivity index is 2.07. The Labute approximate surface area is 154 Å². The van der Waals surface area contributed by atoms with Gasteiger partial charge in [-0.3, -0.25) is 14.9 Å². The van der Waals surface area contributed by atoms with Gasteiger partial charge in [0.25, 0.3) is 11.6 Å². The molecule has 138 valence electrons. The average molecular weight is 381 g/mol. The highest BCUT2D eigenvalue weighted by atomic mass is 35.5. The minimum Gasteiger partial charge on any atom is -0.493 e. The minimum atomic E-state index is -0.887. The van der Waals surface area contributed by atoms with Crippen LogP contribution in [0.25, 0.3) is 0 Å². The highest BCUT2D eigenvalue weighted by Crippen LogP contribution is 2.31. The van der Waals surface area contributed by atoms with Gasteiger partial charge in [-0.15, -0.1) is 0 Å². The van der Waals surface area contributed by atoms with Gasteiger partial charge in [-0.1, -0.05) is 11.6 Å². The third-order valence-corrected chi connectivity index (χ3v) is 3.75. The van der Waals surface area contributed by atoms with Crippen molar-refractivity contribution in [2.45, 2.75) is 13.0 Å². The van der Waals surface area contributed by atoms with Crippen molar-refractivity contribution in [1.29, 1.82) is 0 Å². The Hall–Kier alpha value is -3.00. The molecule has 0 aliphatic heterocycles. The van der Waals surface area contributed by atoms with E-state index < -0.39 is 16.9 Å². The van der Waals surface area contributed by atoms with Gasteiger partial charge in [0.1, 0.15) is 5.75 Å². The number of methoxy groups -OCH3 is 2. The SMILES string of the molecule is COc1ccc(NC(=O)[C@@H](C)Oc2ccc([N+](=O)[O-])cc2Cl)cc1OC. The highest BCUT2D eigenvalue weighted by molar-refractivity contribution is 6.32. The summed E-state index contributed by atoms with van der Waals surface area (Å²) in [7, 11) is 3.01. The summed E-state index contributed by atoms with van der Waals surface area (Å²) in [6.45, 7) is 1.54. The van der Waals surface area contributed by atoms with Crippen LogP contribution in [0, 0.1) is 10.1 Å². The number of nitro groups is 1. The number of amides is 1. The summed E-state index contributed by atoms with van der Waals surface area (Å²) < 4.78 is 15.8. The molecule has 0 aliphatic rings. The monoisotopic (exact) mass is 380 g/mol. The molecule has 0 saturated carbocycles. The molecule has 2 rings (SSSR count). The van der Waals surface area contributed by atoms with E-state index in [4.69, 9.17) is 25.8 Å². The number of anilines is 1. The molecule has 9 heteroatoms. The molecule has 0 aliphatic carbocycles. The average Bonchev–Trinajstić information content (AvgIpc) is 2.62. The molecule has 0 unspecified atom stereocenters. The predicted molar refractivity (Wildman–Crippen MR) is 96.4 cm³/mol. The van der Waals surface area contributed by atoms with Gasteiger partial charge in [0, 0.05) is 23.9 Å². The Morgan fingerprint density at radius 3 is 2.35 bits per heavy atom. The van der Waals surface area contributed by atoms with Crippen LogP contribution in [0.15, 0.2) is 36.4 Å². The summed E-state index contributed by atoms with van der Waals surface area (Å²) in [6.07, 6.45) is -0.887. The smallest absolute Gasteiger partial charge is 0.271 e. The molecule has 2 aromatic carbocycles. The number of carbonyl (C=O) groups is 1. The highest BCUT2D eigenvalue weighted by Gasteiger charge is 2.18. The fourth-order valence-electron chi connectivity index (χ4n) is 2.10. The van der Waals surface area contributed by atoms with Gasteiger partial charge in [-0.05, 0) is 25.1 Å². The fourth-order valence-corrected chi connectivity index (χ4v) is 2.32. The molecule has 0 aromatic heterocycles. The number of nitro benzene ring substituents is 1. The summed E-state index contributed by atoms with van der Waals surface area (Å²) in [5, 5.41) is 13.5. The maximum absolute atomic E-state index is 12.3. The van der Waals surface area contributed by atoms with Gasteiger partial charge in [0.05, 0.1) is 24.2 Å². The van der Waals surface area contributed by atoms with Crippen molar-refractivity contribution < 1.29 is 23.9 Å². The van der Waals surface area contributed by atoms with E-state index in [1.165, 1.54) is 33.3 Å². The van der Waals surface area contributed by atoms with E-state index in [0.717, 1.165) is 6.07 Å². The summed E-state index contributed by atoms with van der Waals surface area (Å²) in [5.41, 5.74) is 0.336. The second-order valence-corrected chi connectivity index (χ2v) is 5.60. The van der Waals surface area contributed by atoms with Gasteiger partial charge >= 0.3 is 0 Å². The summed E-state index contributed by atoms with van der Waals surface area (Å²) in [4.78, 5) is 22.5. The number of hydrogen-bond acceptors (Lipinski definition) is 6. The van der Waals surface area contributed by atoms with E-state index in [9.17, 15) is 14.9 Å².